The molecule has 1 aromatic carbocycles. The summed E-state index contributed by atoms with van der Waals surface area (Å²) in [5.74, 6) is -1.46. The summed E-state index contributed by atoms with van der Waals surface area (Å²) in [5, 5.41) is 46.6. The van der Waals surface area contributed by atoms with Crippen LogP contribution in [-0.2, 0) is 20.4 Å². The first kappa shape index (κ1) is 27.9. The number of carbonyl (C=O) groups is 2. The molecule has 32 heavy (non-hydrogen) atoms. The van der Waals surface area contributed by atoms with Crippen LogP contribution in [0.1, 0.15) is 41.4 Å². The summed E-state index contributed by atoms with van der Waals surface area (Å²) in [6, 6.07) is 2.76. The number of rotatable bonds is 4. The van der Waals surface area contributed by atoms with Crippen molar-refractivity contribution in [3.8, 4) is 0 Å². The summed E-state index contributed by atoms with van der Waals surface area (Å²) < 4.78 is 46.9. The lowest BCUT2D eigenvalue weighted by Gasteiger charge is -2.45. The van der Waals surface area contributed by atoms with Gasteiger partial charge in [0.15, 0.2) is 17.6 Å². The Kier molecular flexibility index (Phi) is 9.29. The van der Waals surface area contributed by atoms with Gasteiger partial charge in [-0.15, -0.1) is 0 Å². The molecular weight excluding hydrogens is 443 g/mol. The van der Waals surface area contributed by atoms with E-state index in [1.165, 1.54) is 6.92 Å². The van der Waals surface area contributed by atoms with Gasteiger partial charge in [-0.05, 0) is 37.6 Å². The number of hydrogen-bond donors (Lipinski definition) is 6. The average Bonchev–Trinajstić information content (AvgIpc) is 2.73. The summed E-state index contributed by atoms with van der Waals surface area (Å²) >= 11 is 0. The van der Waals surface area contributed by atoms with Gasteiger partial charge in [0.05, 0.1) is 30.9 Å². The zero-order valence-corrected chi connectivity index (χ0v) is 17.4. The molecule has 0 radical (unpaired) electrons. The monoisotopic (exact) mass is 469 g/mol. The van der Waals surface area contributed by atoms with Crippen molar-refractivity contribution in [1.82, 2.24) is 0 Å². The fourth-order valence-corrected chi connectivity index (χ4v) is 2.94. The highest BCUT2D eigenvalue weighted by atomic mass is 19.4. The molecule has 1 heterocycles. The molecule has 13 heteroatoms. The van der Waals surface area contributed by atoms with E-state index in [9.17, 15) is 43.2 Å². The minimum Gasteiger partial charge on any atom is -0.465 e. The van der Waals surface area contributed by atoms with Crippen LogP contribution < -0.4 is 5.73 Å². The third-order valence-electron chi connectivity index (χ3n) is 4.92. The SMILES string of the molecule is CC(=O)[C@]1(N)C(O)O[C@H](CO)[C@@H](O)[C@@H]1O.COC(=O)c1ccc(C(F)(F)F)c(C(C)O)c1. The molecule has 6 atom stereocenters. The maximum Gasteiger partial charge on any atom is 0.416 e. The maximum atomic E-state index is 12.6. The number of ketones is 1. The fourth-order valence-electron chi connectivity index (χ4n) is 2.94. The molecule has 1 aromatic rings. The van der Waals surface area contributed by atoms with Crippen LogP contribution >= 0.6 is 0 Å². The number of benzene rings is 1. The average molecular weight is 469 g/mol. The number of Topliss-reactive ketones (excluding diaryl/α,β-unsaturated/α-hetero) is 1. The normalized spacial score (nSPS) is 28.9. The number of alkyl halides is 3. The summed E-state index contributed by atoms with van der Waals surface area (Å²) in [5.41, 5.74) is 2.08. The van der Waals surface area contributed by atoms with E-state index < -0.39 is 66.3 Å². The molecular formula is C19H26F3NO9. The Balaban J connectivity index is 0.000000323. The first-order chi connectivity index (χ1) is 14.6. The van der Waals surface area contributed by atoms with Crippen molar-refractivity contribution in [3.63, 3.8) is 0 Å². The quantitative estimate of drug-likeness (QED) is 0.307. The second kappa shape index (κ2) is 10.7. The molecule has 0 amide bonds. The van der Waals surface area contributed by atoms with Gasteiger partial charge in [0, 0.05) is 0 Å². The number of ether oxygens (including phenoxy) is 2. The van der Waals surface area contributed by atoms with Crippen molar-refractivity contribution in [2.45, 2.75) is 56.3 Å². The molecule has 2 unspecified atom stereocenters. The van der Waals surface area contributed by atoms with Crippen molar-refractivity contribution in [3.05, 3.63) is 34.9 Å². The van der Waals surface area contributed by atoms with Crippen molar-refractivity contribution in [2.75, 3.05) is 13.7 Å². The van der Waals surface area contributed by atoms with Crippen LogP contribution in [-0.4, -0.2) is 81.1 Å². The zero-order chi connectivity index (χ0) is 25.0. The molecule has 0 saturated carbocycles. The van der Waals surface area contributed by atoms with Gasteiger partial charge in [0.25, 0.3) is 0 Å². The molecule has 1 aliphatic heterocycles. The molecule has 1 saturated heterocycles. The third-order valence-corrected chi connectivity index (χ3v) is 4.92. The van der Waals surface area contributed by atoms with Gasteiger partial charge in [-0.1, -0.05) is 0 Å². The number of hydrogen-bond acceptors (Lipinski definition) is 10. The lowest BCUT2D eigenvalue weighted by Crippen LogP contribution is -2.73. The molecule has 0 spiro atoms. The Morgan fingerprint density at radius 2 is 1.84 bits per heavy atom. The third kappa shape index (κ3) is 5.81. The molecule has 182 valence electrons. The van der Waals surface area contributed by atoms with E-state index >= 15 is 0 Å². The van der Waals surface area contributed by atoms with Crippen LogP contribution in [0.15, 0.2) is 18.2 Å². The smallest absolute Gasteiger partial charge is 0.416 e. The topological polar surface area (TPSA) is 180 Å². The van der Waals surface area contributed by atoms with E-state index in [1.54, 1.807) is 0 Å². The fraction of sp³-hybridized carbons (Fsp3) is 0.579. The number of nitrogens with two attached hydrogens (primary N) is 1. The van der Waals surface area contributed by atoms with Gasteiger partial charge in [-0.25, -0.2) is 4.79 Å². The lowest BCUT2D eigenvalue weighted by molar-refractivity contribution is -0.270. The van der Waals surface area contributed by atoms with Crippen molar-refractivity contribution >= 4 is 11.8 Å². The van der Waals surface area contributed by atoms with Crippen molar-refractivity contribution in [2.24, 2.45) is 5.73 Å². The predicted octanol–water partition coefficient (Wildman–Crippen LogP) is -0.750. The zero-order valence-electron chi connectivity index (χ0n) is 17.4. The van der Waals surface area contributed by atoms with Gasteiger partial charge in [0.1, 0.15) is 18.3 Å². The lowest BCUT2D eigenvalue weighted by atomic mass is 9.81. The van der Waals surface area contributed by atoms with E-state index in [-0.39, 0.29) is 11.1 Å². The molecule has 0 aromatic heterocycles. The van der Waals surface area contributed by atoms with Crippen LogP contribution in [0.2, 0.25) is 0 Å². The Morgan fingerprint density at radius 3 is 2.25 bits per heavy atom. The summed E-state index contributed by atoms with van der Waals surface area (Å²) in [6.45, 7) is 1.68. The van der Waals surface area contributed by atoms with Crippen molar-refractivity contribution in [1.29, 1.82) is 0 Å². The molecule has 0 bridgehead atoms. The summed E-state index contributed by atoms with van der Waals surface area (Å²) in [4.78, 5) is 22.3. The molecule has 2 rings (SSSR count). The molecule has 0 aliphatic carbocycles. The Morgan fingerprint density at radius 1 is 1.28 bits per heavy atom. The van der Waals surface area contributed by atoms with Crippen LogP contribution in [0.3, 0.4) is 0 Å². The first-order valence-electron chi connectivity index (χ1n) is 9.20. The highest BCUT2D eigenvalue weighted by molar-refractivity contribution is 5.89. The van der Waals surface area contributed by atoms with E-state index in [4.69, 9.17) is 15.6 Å². The summed E-state index contributed by atoms with van der Waals surface area (Å²) in [7, 11) is 1.13. The van der Waals surface area contributed by atoms with Crippen LogP contribution in [0.5, 0.6) is 0 Å². The second-order valence-corrected chi connectivity index (χ2v) is 7.10. The predicted molar refractivity (Wildman–Crippen MR) is 101 cm³/mol. The Labute approximate surface area is 181 Å². The minimum absolute atomic E-state index is 0.0311. The van der Waals surface area contributed by atoms with E-state index in [0.29, 0.717) is 0 Å². The molecule has 7 N–H and O–H groups in total. The van der Waals surface area contributed by atoms with Gasteiger partial charge in [-0.2, -0.15) is 13.2 Å². The number of esters is 1. The van der Waals surface area contributed by atoms with Crippen LogP contribution in [0.25, 0.3) is 0 Å². The highest BCUT2D eigenvalue weighted by Crippen LogP contribution is 2.35. The molecule has 10 nitrogen and oxygen atoms in total. The van der Waals surface area contributed by atoms with Gasteiger partial charge in [-0.3, -0.25) is 4.79 Å². The summed E-state index contributed by atoms with van der Waals surface area (Å²) in [6.07, 6.45) is -12.0. The van der Waals surface area contributed by atoms with Gasteiger partial charge >= 0.3 is 12.1 Å². The number of aliphatic hydroxyl groups is 5. The number of halogens is 3. The van der Waals surface area contributed by atoms with Crippen LogP contribution in [0.4, 0.5) is 13.2 Å². The maximum absolute atomic E-state index is 12.6. The standard InChI is InChI=1S/C11H11F3O3.C8H15NO6/c1-6(15)8-5-7(10(16)17-2)3-4-9(8)11(12,13)14;1-3(11)8(9)6(13)5(12)4(2-10)15-7(8)14/h3-6,15H,1-2H3;4-7,10,12-14H,2,9H2,1H3/t;4-,5-,6+,7?,8-/m.1/s1. The number of carbonyl (C=O) groups excluding carboxylic acids is 2. The second-order valence-electron chi connectivity index (χ2n) is 7.10. The van der Waals surface area contributed by atoms with Crippen LogP contribution in [0, 0.1) is 0 Å². The number of aliphatic hydroxyl groups excluding tert-OH is 5. The van der Waals surface area contributed by atoms with E-state index in [0.717, 1.165) is 32.2 Å². The van der Waals surface area contributed by atoms with Gasteiger partial charge in [0.2, 0.25) is 0 Å². The first-order valence-corrected chi connectivity index (χ1v) is 9.20. The van der Waals surface area contributed by atoms with E-state index in [2.05, 4.69) is 4.74 Å². The van der Waals surface area contributed by atoms with Gasteiger partial charge < -0.3 is 40.7 Å². The Bertz CT molecular complexity index is 818. The molecule has 1 fully saturated rings. The Hall–Kier alpha value is -2.13. The molecule has 1 aliphatic rings. The number of methoxy groups -OCH3 is 1. The highest BCUT2D eigenvalue weighted by Gasteiger charge is 2.55. The van der Waals surface area contributed by atoms with E-state index in [1.807, 2.05) is 0 Å². The minimum atomic E-state index is -4.57. The largest absolute Gasteiger partial charge is 0.465 e. The van der Waals surface area contributed by atoms with Crippen molar-refractivity contribution < 1.29 is 57.8 Å².